The first-order chi connectivity index (χ1) is 11.2. The van der Waals surface area contributed by atoms with Crippen molar-refractivity contribution in [1.82, 2.24) is 0 Å². The Hall–Kier alpha value is -0.870. The van der Waals surface area contributed by atoms with Gasteiger partial charge >= 0.3 is 5.97 Å². The number of halogens is 1. The first-order valence-electron chi connectivity index (χ1n) is 8.74. The molecule has 23 heavy (non-hydrogen) atoms. The van der Waals surface area contributed by atoms with Gasteiger partial charge in [0.05, 0.1) is 18.6 Å². The number of hydrogen-bond acceptors (Lipinski definition) is 3. The first kappa shape index (κ1) is 15.6. The zero-order chi connectivity index (χ0) is 15.8. The maximum atomic E-state index is 12.2. The molecule has 1 saturated heterocycles. The van der Waals surface area contributed by atoms with Crippen LogP contribution in [0.25, 0.3) is 0 Å². The number of benzene rings is 1. The molecule has 0 spiro atoms. The van der Waals surface area contributed by atoms with Crippen LogP contribution in [0.3, 0.4) is 0 Å². The van der Waals surface area contributed by atoms with Crippen molar-refractivity contribution >= 4 is 21.9 Å². The van der Waals surface area contributed by atoms with Crippen molar-refractivity contribution in [2.75, 3.05) is 13.2 Å². The van der Waals surface area contributed by atoms with Crippen LogP contribution in [0, 0.1) is 17.8 Å². The maximum absolute atomic E-state index is 12.2. The monoisotopic (exact) mass is 378 g/mol. The van der Waals surface area contributed by atoms with E-state index in [9.17, 15) is 4.79 Å². The van der Waals surface area contributed by atoms with Crippen molar-refractivity contribution in [1.29, 1.82) is 0 Å². The van der Waals surface area contributed by atoms with Crippen molar-refractivity contribution in [2.45, 2.75) is 44.1 Å². The zero-order valence-electron chi connectivity index (χ0n) is 13.2. The fourth-order valence-electron chi connectivity index (χ4n) is 4.27. The van der Waals surface area contributed by atoms with Crippen LogP contribution in [0.4, 0.5) is 0 Å². The molecule has 4 atom stereocenters. The minimum atomic E-state index is -0.0136. The highest BCUT2D eigenvalue weighted by molar-refractivity contribution is 9.10. The molecular weight excluding hydrogens is 356 g/mol. The van der Waals surface area contributed by atoms with E-state index in [1.165, 1.54) is 24.8 Å². The molecule has 0 unspecified atom stereocenters. The number of cyclic esters (lactones) is 1. The van der Waals surface area contributed by atoms with Gasteiger partial charge in [-0.25, -0.2) is 0 Å². The van der Waals surface area contributed by atoms with Crippen LogP contribution < -0.4 is 0 Å². The second kappa shape index (κ2) is 6.56. The molecule has 1 aromatic carbocycles. The largest absolute Gasteiger partial charge is 0.465 e. The van der Waals surface area contributed by atoms with E-state index in [4.69, 9.17) is 9.47 Å². The van der Waals surface area contributed by atoms with Gasteiger partial charge in [0, 0.05) is 22.9 Å². The standard InChI is InChI=1S/C19H23BrO3/c20-15-6-4-13(5-7-15)17-9-16(22-10-12-2-1-3-12)8-14-11-23-19(21)18(14)17/h4-7,12,14,16-18H,1-3,8-11H2/t14-,16-,17+,18+/m0/s1. The number of carbonyl (C=O) groups is 1. The zero-order valence-corrected chi connectivity index (χ0v) is 14.8. The Bertz CT molecular complexity index is 566. The Labute approximate surface area is 145 Å². The molecule has 1 heterocycles. The number of ether oxygens (including phenoxy) is 2. The molecule has 0 N–H and O–H groups in total. The quantitative estimate of drug-likeness (QED) is 0.732. The summed E-state index contributed by atoms with van der Waals surface area (Å²) in [7, 11) is 0. The third kappa shape index (κ3) is 3.20. The summed E-state index contributed by atoms with van der Waals surface area (Å²) in [5.41, 5.74) is 1.24. The van der Waals surface area contributed by atoms with Crippen LogP contribution in [-0.2, 0) is 14.3 Å². The van der Waals surface area contributed by atoms with E-state index in [1.807, 2.05) is 0 Å². The topological polar surface area (TPSA) is 35.5 Å². The highest BCUT2D eigenvalue weighted by Crippen LogP contribution is 2.46. The second-order valence-corrected chi connectivity index (χ2v) is 8.21. The third-order valence-corrected chi connectivity index (χ3v) is 6.35. The molecule has 4 rings (SSSR count). The summed E-state index contributed by atoms with van der Waals surface area (Å²) in [5, 5.41) is 0. The van der Waals surface area contributed by atoms with Gasteiger partial charge in [0.25, 0.3) is 0 Å². The van der Waals surface area contributed by atoms with Gasteiger partial charge in [-0.05, 0) is 49.3 Å². The minimum Gasteiger partial charge on any atom is -0.465 e. The van der Waals surface area contributed by atoms with Crippen molar-refractivity contribution < 1.29 is 14.3 Å². The van der Waals surface area contributed by atoms with Gasteiger partial charge in [0.15, 0.2) is 0 Å². The fourth-order valence-corrected chi connectivity index (χ4v) is 4.54. The Morgan fingerprint density at radius 3 is 2.65 bits per heavy atom. The lowest BCUT2D eigenvalue weighted by molar-refractivity contribution is -0.142. The SMILES string of the molecule is O=C1OC[C@@H]2C[C@H](OCC3CCC3)C[C@H](c3ccc(Br)cc3)[C@H]12. The van der Waals surface area contributed by atoms with E-state index in [2.05, 4.69) is 40.2 Å². The van der Waals surface area contributed by atoms with Gasteiger partial charge in [0.1, 0.15) is 0 Å². The van der Waals surface area contributed by atoms with Gasteiger partial charge in [0.2, 0.25) is 0 Å². The van der Waals surface area contributed by atoms with Crippen molar-refractivity contribution in [3.63, 3.8) is 0 Å². The third-order valence-electron chi connectivity index (χ3n) is 5.83. The summed E-state index contributed by atoms with van der Waals surface area (Å²) in [6.45, 7) is 1.46. The average Bonchev–Trinajstić information content (AvgIpc) is 2.87. The Balaban J connectivity index is 1.50. The lowest BCUT2D eigenvalue weighted by Gasteiger charge is -2.37. The van der Waals surface area contributed by atoms with E-state index < -0.39 is 0 Å². The normalized spacial score (nSPS) is 33.9. The minimum absolute atomic E-state index is 0.0136. The molecule has 0 aromatic heterocycles. The Morgan fingerprint density at radius 2 is 1.96 bits per heavy atom. The van der Waals surface area contributed by atoms with Gasteiger partial charge in [-0.3, -0.25) is 4.79 Å². The molecule has 3 nitrogen and oxygen atoms in total. The van der Waals surface area contributed by atoms with Gasteiger partial charge in [-0.15, -0.1) is 0 Å². The van der Waals surface area contributed by atoms with Crippen LogP contribution in [0.2, 0.25) is 0 Å². The predicted octanol–water partition coefficient (Wildman–Crippen LogP) is 4.30. The van der Waals surface area contributed by atoms with Crippen molar-refractivity contribution in [3.05, 3.63) is 34.3 Å². The van der Waals surface area contributed by atoms with E-state index >= 15 is 0 Å². The number of carbonyl (C=O) groups excluding carboxylic acids is 1. The summed E-state index contributed by atoms with van der Waals surface area (Å²) in [6, 6.07) is 8.38. The summed E-state index contributed by atoms with van der Waals surface area (Å²) in [6.07, 6.45) is 6.15. The smallest absolute Gasteiger partial charge is 0.309 e. The predicted molar refractivity (Wildman–Crippen MR) is 91.1 cm³/mol. The summed E-state index contributed by atoms with van der Waals surface area (Å²) in [4.78, 5) is 12.2. The van der Waals surface area contributed by atoms with E-state index in [1.54, 1.807) is 0 Å². The van der Waals surface area contributed by atoms with Crippen LogP contribution in [0.15, 0.2) is 28.7 Å². The van der Waals surface area contributed by atoms with Crippen LogP contribution in [-0.4, -0.2) is 25.3 Å². The Kier molecular flexibility index (Phi) is 4.46. The number of esters is 1. The molecule has 0 bridgehead atoms. The number of fused-ring (bicyclic) bond motifs is 1. The summed E-state index contributed by atoms with van der Waals surface area (Å²) >= 11 is 3.49. The van der Waals surface area contributed by atoms with E-state index in [0.717, 1.165) is 29.8 Å². The first-order valence-corrected chi connectivity index (χ1v) is 9.53. The molecule has 1 aliphatic heterocycles. The molecule has 0 amide bonds. The average molecular weight is 379 g/mol. The summed E-state index contributed by atoms with van der Waals surface area (Å²) < 4.78 is 12.7. The molecule has 0 radical (unpaired) electrons. The molecule has 3 aliphatic rings. The van der Waals surface area contributed by atoms with Gasteiger partial charge in [-0.2, -0.15) is 0 Å². The van der Waals surface area contributed by atoms with Crippen molar-refractivity contribution in [3.8, 4) is 0 Å². The fraction of sp³-hybridized carbons (Fsp3) is 0.632. The molecular formula is C19H23BrO3. The van der Waals surface area contributed by atoms with Crippen LogP contribution in [0.1, 0.15) is 43.6 Å². The second-order valence-electron chi connectivity index (χ2n) is 7.30. The summed E-state index contributed by atoms with van der Waals surface area (Å²) in [5.74, 6) is 1.31. The number of rotatable bonds is 4. The lowest BCUT2D eigenvalue weighted by atomic mass is 9.69. The molecule has 1 aromatic rings. The number of hydrogen-bond donors (Lipinski definition) is 0. The lowest BCUT2D eigenvalue weighted by Crippen LogP contribution is -2.37. The van der Waals surface area contributed by atoms with E-state index in [0.29, 0.717) is 12.5 Å². The Morgan fingerprint density at radius 1 is 1.17 bits per heavy atom. The maximum Gasteiger partial charge on any atom is 0.309 e. The van der Waals surface area contributed by atoms with Crippen LogP contribution in [0.5, 0.6) is 0 Å². The van der Waals surface area contributed by atoms with Crippen LogP contribution >= 0.6 is 15.9 Å². The molecule has 124 valence electrons. The molecule has 2 aliphatic carbocycles. The van der Waals surface area contributed by atoms with E-state index in [-0.39, 0.29) is 23.9 Å². The molecule has 4 heteroatoms. The molecule has 2 saturated carbocycles. The van der Waals surface area contributed by atoms with Gasteiger partial charge < -0.3 is 9.47 Å². The highest BCUT2D eigenvalue weighted by atomic mass is 79.9. The molecule has 3 fully saturated rings. The highest BCUT2D eigenvalue weighted by Gasteiger charge is 2.48. The van der Waals surface area contributed by atoms with Crippen molar-refractivity contribution in [2.24, 2.45) is 17.8 Å². The van der Waals surface area contributed by atoms with Gasteiger partial charge in [-0.1, -0.05) is 34.5 Å².